The van der Waals surface area contributed by atoms with Crippen LogP contribution in [0.25, 0.3) is 43.4 Å². The highest BCUT2D eigenvalue weighted by atomic mass is 16.1. The van der Waals surface area contributed by atoms with Crippen molar-refractivity contribution in [2.24, 2.45) is 0 Å². The van der Waals surface area contributed by atoms with Gasteiger partial charge in [0.25, 0.3) is 11.1 Å². The van der Waals surface area contributed by atoms with Crippen molar-refractivity contribution in [3.8, 4) is 0 Å². The van der Waals surface area contributed by atoms with Gasteiger partial charge in [0.1, 0.15) is 0 Å². The number of aryl methyl sites for hydroxylation is 2. The Kier molecular flexibility index (Phi) is 9.17. The van der Waals surface area contributed by atoms with Crippen LogP contribution in [0.3, 0.4) is 0 Å². The summed E-state index contributed by atoms with van der Waals surface area (Å²) in [6.07, 6.45) is 3.70. The lowest BCUT2D eigenvalue weighted by atomic mass is 10.2. The van der Waals surface area contributed by atoms with E-state index in [1.54, 1.807) is 24.3 Å². The molecule has 0 unspecified atom stereocenters. The second-order valence-corrected chi connectivity index (χ2v) is 10.3. The largest absolute Gasteiger partial charge is 0.308 e. The monoisotopic (exact) mass is 550 g/mol. The van der Waals surface area contributed by atoms with Crippen molar-refractivity contribution in [2.75, 3.05) is 0 Å². The van der Waals surface area contributed by atoms with Crippen LogP contribution in [0.5, 0.6) is 0 Å². The molecule has 0 saturated carbocycles. The third kappa shape index (κ3) is 6.63. The normalized spacial score (nSPS) is 10.5. The summed E-state index contributed by atoms with van der Waals surface area (Å²) in [7, 11) is 0. The third-order valence-electron chi connectivity index (χ3n) is 7.31. The van der Waals surface area contributed by atoms with Crippen molar-refractivity contribution in [3.63, 3.8) is 0 Å². The Labute approximate surface area is 246 Å². The van der Waals surface area contributed by atoms with E-state index >= 15 is 0 Å². The minimum atomic E-state index is -0.0886. The van der Waals surface area contributed by atoms with Crippen LogP contribution < -0.4 is 11.1 Å². The number of benzene rings is 4. The fourth-order valence-corrected chi connectivity index (χ4v) is 4.82. The lowest BCUT2D eigenvalue weighted by Crippen LogP contribution is -2.20. The van der Waals surface area contributed by atoms with Crippen molar-refractivity contribution >= 4 is 43.4 Å². The summed E-state index contributed by atoms with van der Waals surface area (Å²) < 4.78 is 3.62. The molecule has 0 aliphatic rings. The maximum absolute atomic E-state index is 13.7. The van der Waals surface area contributed by atoms with Gasteiger partial charge < -0.3 is 9.13 Å². The van der Waals surface area contributed by atoms with Crippen LogP contribution >= 0.6 is 0 Å². The highest BCUT2D eigenvalue weighted by molar-refractivity contribution is 5.79. The van der Waals surface area contributed by atoms with Crippen molar-refractivity contribution < 1.29 is 0 Å². The number of aromatic nitrogens is 2. The smallest absolute Gasteiger partial charge is 0.258 e. The minimum Gasteiger partial charge on any atom is -0.308 e. The van der Waals surface area contributed by atoms with Crippen molar-refractivity contribution in [2.45, 2.75) is 52.6 Å². The predicted molar refractivity (Wildman–Crippen MR) is 174 cm³/mol. The average molecular weight is 551 g/mol. The lowest BCUT2D eigenvalue weighted by Gasteiger charge is -2.07. The molecule has 0 N–H and O–H groups in total. The summed E-state index contributed by atoms with van der Waals surface area (Å²) in [4.78, 5) is 27.4. The Morgan fingerprint density at radius 1 is 0.500 bits per heavy atom. The Balaban J connectivity index is 1.85. The van der Waals surface area contributed by atoms with Crippen LogP contribution in [0.4, 0.5) is 0 Å². The summed E-state index contributed by atoms with van der Waals surface area (Å²) in [6, 6.07) is 43.5. The van der Waals surface area contributed by atoms with E-state index in [2.05, 4.69) is 38.1 Å². The number of rotatable bonds is 6. The molecule has 42 heavy (non-hydrogen) atoms. The van der Waals surface area contributed by atoms with Gasteiger partial charge in [-0.15, -0.1) is 0 Å². The molecule has 208 valence electrons. The van der Waals surface area contributed by atoms with Gasteiger partial charge in [-0.1, -0.05) is 63.1 Å². The second kappa shape index (κ2) is 13.5. The summed E-state index contributed by atoms with van der Waals surface area (Å²) in [5, 5.41) is 4.52. The minimum absolute atomic E-state index is 0.0886. The van der Waals surface area contributed by atoms with E-state index < -0.39 is 0 Å². The standard InChI is InChI=1S/C38H34N2O2/c1-3-5-27-39-35-23-13-29(14-24-35)11-17-31-9-7-8-10-32(31)18-12-30-15-25-36(26-16-30)40(28-6-4-2)38(42)34-21-19-33(20-22-34)37(39)41/h7-10,13-16,19-26H,3-6,27-28H2,1-2H3. The molecule has 0 aliphatic heterocycles. The van der Waals surface area contributed by atoms with Gasteiger partial charge in [-0.2, -0.15) is 0 Å². The van der Waals surface area contributed by atoms with Crippen molar-refractivity contribution in [1.82, 2.24) is 9.13 Å². The fraction of sp³-hybridized carbons (Fsp3) is 0.211. The van der Waals surface area contributed by atoms with Crippen LogP contribution in [-0.4, -0.2) is 9.13 Å². The van der Waals surface area contributed by atoms with Gasteiger partial charge in [-0.05, 0) is 97.8 Å². The van der Waals surface area contributed by atoms with E-state index in [-0.39, 0.29) is 11.1 Å². The van der Waals surface area contributed by atoms with Gasteiger partial charge in [0.15, 0.2) is 0 Å². The van der Waals surface area contributed by atoms with E-state index in [0.717, 1.165) is 58.3 Å². The molecule has 4 heteroatoms. The Morgan fingerprint density at radius 3 is 1.24 bits per heavy atom. The number of hydrogen-bond acceptors (Lipinski definition) is 2. The first kappa shape index (κ1) is 28.5. The van der Waals surface area contributed by atoms with Crippen LogP contribution in [0.2, 0.25) is 0 Å². The molecular formula is C38H34N2O2. The number of fused-ring (bicyclic) bond motifs is 1. The molecule has 4 aromatic carbocycles. The van der Waals surface area contributed by atoms with Gasteiger partial charge in [0.05, 0.1) is 0 Å². The van der Waals surface area contributed by atoms with Gasteiger partial charge in [-0.25, -0.2) is 0 Å². The fourth-order valence-electron chi connectivity index (χ4n) is 4.82. The van der Waals surface area contributed by atoms with Crippen LogP contribution in [-0.2, 0) is 13.1 Å². The molecule has 0 amide bonds. The molecule has 0 radical (unpaired) electrons. The molecule has 5 aromatic heterocycles. The zero-order valence-electron chi connectivity index (χ0n) is 24.2. The first-order chi connectivity index (χ1) is 20.6. The molecule has 5 heterocycles. The molecule has 0 saturated heterocycles. The molecule has 6 bridgehead atoms. The zero-order valence-corrected chi connectivity index (χ0v) is 24.2. The van der Waals surface area contributed by atoms with Gasteiger partial charge in [-0.3, -0.25) is 9.59 Å². The first-order valence-corrected chi connectivity index (χ1v) is 14.6. The van der Waals surface area contributed by atoms with E-state index in [1.807, 2.05) is 81.9 Å². The van der Waals surface area contributed by atoms with E-state index in [1.165, 1.54) is 0 Å². The van der Waals surface area contributed by atoms with Crippen LogP contribution in [0.1, 0.15) is 39.5 Å². The molecular weight excluding hydrogens is 516 g/mol. The highest BCUT2D eigenvalue weighted by Crippen LogP contribution is 2.10. The van der Waals surface area contributed by atoms with Gasteiger partial charge in [0.2, 0.25) is 0 Å². The summed E-state index contributed by atoms with van der Waals surface area (Å²) in [5.41, 5.74) is 1.46. The number of nitrogens with zero attached hydrogens (tertiary/aromatic N) is 2. The Bertz CT molecular complexity index is 1810. The number of hydrogen-bond donors (Lipinski definition) is 0. The molecule has 0 aliphatic carbocycles. The quantitative estimate of drug-likeness (QED) is 0.214. The second-order valence-electron chi connectivity index (χ2n) is 10.3. The number of unbranched alkanes of at least 4 members (excludes halogenated alkanes) is 2. The van der Waals surface area contributed by atoms with Crippen LogP contribution in [0, 0.1) is 24.3 Å². The maximum atomic E-state index is 13.7. The van der Waals surface area contributed by atoms with Gasteiger partial charge >= 0.3 is 0 Å². The first-order valence-electron chi connectivity index (χ1n) is 14.6. The molecule has 0 atom stereocenters. The molecule has 4 nitrogen and oxygen atoms in total. The maximum Gasteiger partial charge on any atom is 0.258 e. The molecule has 0 spiro atoms. The highest BCUT2D eigenvalue weighted by Gasteiger charge is 2.02. The summed E-state index contributed by atoms with van der Waals surface area (Å²) in [5.74, 6) is 0. The van der Waals surface area contributed by atoms with Crippen molar-refractivity contribution in [3.05, 3.63) is 142 Å². The lowest BCUT2D eigenvalue weighted by molar-refractivity contribution is 0.634. The van der Waals surface area contributed by atoms with E-state index in [4.69, 9.17) is 0 Å². The van der Waals surface area contributed by atoms with Crippen molar-refractivity contribution in [1.29, 1.82) is 0 Å². The predicted octanol–water partition coefficient (Wildman–Crippen LogP) is 8.23. The van der Waals surface area contributed by atoms with Crippen LogP contribution in [0.15, 0.2) is 107 Å². The Hall–Kier alpha value is -5.06. The third-order valence-corrected chi connectivity index (χ3v) is 7.31. The average Bonchev–Trinajstić information content (AvgIpc) is 3.04. The Morgan fingerprint density at radius 2 is 0.881 bits per heavy atom. The summed E-state index contributed by atoms with van der Waals surface area (Å²) in [6.45, 7) is 5.43. The topological polar surface area (TPSA) is 44.0 Å². The molecule has 9 rings (SSSR count). The van der Waals surface area contributed by atoms with Gasteiger partial charge in [0, 0.05) is 56.4 Å². The van der Waals surface area contributed by atoms with E-state index in [0.29, 0.717) is 23.9 Å². The summed E-state index contributed by atoms with van der Waals surface area (Å²) >= 11 is 0. The molecule has 0 fully saturated rings. The SMILES string of the molecule is CCCCn1c(=O)c2ccc(cc2)c(=O)n(CCCC)c2ccc(c#cc3ccccc3c#cc3ccc1cc3)cc2. The molecule has 9 aromatic rings. The zero-order chi connectivity index (χ0) is 29.3. The van der Waals surface area contributed by atoms with E-state index in [9.17, 15) is 9.59 Å².